The van der Waals surface area contributed by atoms with Crippen LogP contribution >= 0.6 is 0 Å². The van der Waals surface area contributed by atoms with Crippen molar-refractivity contribution in [2.75, 3.05) is 0 Å². The number of hydrogen-bond donors (Lipinski definition) is 0. The molecular formula is C15H15BF5N. The van der Waals surface area contributed by atoms with E-state index in [4.69, 9.17) is 0 Å². The summed E-state index contributed by atoms with van der Waals surface area (Å²) in [5.41, 5.74) is -1.18. The van der Waals surface area contributed by atoms with Gasteiger partial charge in [0.1, 0.15) is 0 Å². The minimum Gasteiger partial charge on any atom is -0.327 e. The third-order valence-corrected chi connectivity index (χ3v) is 4.47. The lowest BCUT2D eigenvalue weighted by Gasteiger charge is -2.41. The van der Waals surface area contributed by atoms with E-state index in [9.17, 15) is 22.0 Å². The average Bonchev–Trinajstić information content (AvgIpc) is 3.03. The van der Waals surface area contributed by atoms with Gasteiger partial charge in [0.05, 0.1) is 0 Å². The predicted octanol–water partition coefficient (Wildman–Crippen LogP) is 3.39. The van der Waals surface area contributed by atoms with Crippen molar-refractivity contribution >= 4 is 12.3 Å². The SMILES string of the molecule is CC(C)(C)N1B(c2c(F)c(F)c(F)c(F)c2F)C2C=CC1C2. The number of hydrogen-bond acceptors (Lipinski definition) is 1. The van der Waals surface area contributed by atoms with Crippen molar-refractivity contribution in [1.29, 1.82) is 0 Å². The zero-order valence-corrected chi connectivity index (χ0v) is 12.4. The number of fused-ring (bicyclic) bond motifs is 2. The van der Waals surface area contributed by atoms with Gasteiger partial charge in [-0.15, -0.1) is 0 Å². The summed E-state index contributed by atoms with van der Waals surface area (Å²) in [6.07, 6.45) is 4.36. The quantitative estimate of drug-likeness (QED) is 0.252. The van der Waals surface area contributed by atoms with Crippen LogP contribution in [0.4, 0.5) is 22.0 Å². The van der Waals surface area contributed by atoms with Crippen molar-refractivity contribution < 1.29 is 22.0 Å². The van der Waals surface area contributed by atoms with Crippen LogP contribution in [0.25, 0.3) is 0 Å². The lowest BCUT2D eigenvalue weighted by atomic mass is 9.45. The van der Waals surface area contributed by atoms with E-state index in [1.54, 1.807) is 6.08 Å². The fourth-order valence-corrected chi connectivity index (χ4v) is 3.71. The van der Waals surface area contributed by atoms with Gasteiger partial charge in [0.25, 0.3) is 6.85 Å². The lowest BCUT2D eigenvalue weighted by Crippen LogP contribution is -2.59. The average molecular weight is 315 g/mol. The van der Waals surface area contributed by atoms with Crippen molar-refractivity contribution in [3.8, 4) is 0 Å². The Morgan fingerprint density at radius 2 is 1.41 bits per heavy atom. The second kappa shape index (κ2) is 4.81. The molecule has 118 valence electrons. The van der Waals surface area contributed by atoms with Crippen molar-refractivity contribution in [3.63, 3.8) is 0 Å². The van der Waals surface area contributed by atoms with Crippen LogP contribution in [0.2, 0.25) is 5.82 Å². The van der Waals surface area contributed by atoms with Gasteiger partial charge in [-0.2, -0.15) is 0 Å². The van der Waals surface area contributed by atoms with E-state index in [0.29, 0.717) is 6.42 Å². The Balaban J connectivity index is 2.21. The lowest BCUT2D eigenvalue weighted by molar-refractivity contribution is 0.229. The second-order valence-electron chi connectivity index (χ2n) is 6.86. The topological polar surface area (TPSA) is 3.24 Å². The molecule has 0 N–H and O–H groups in total. The highest BCUT2D eigenvalue weighted by Gasteiger charge is 2.53. The van der Waals surface area contributed by atoms with Gasteiger partial charge >= 0.3 is 0 Å². The predicted molar refractivity (Wildman–Crippen MR) is 74.5 cm³/mol. The summed E-state index contributed by atoms with van der Waals surface area (Å²) in [5.74, 6) is -9.57. The molecule has 7 heteroatoms. The Hall–Kier alpha value is -1.37. The molecule has 2 aliphatic rings. The highest BCUT2D eigenvalue weighted by molar-refractivity contribution is 6.74. The number of benzene rings is 1. The van der Waals surface area contributed by atoms with Crippen LogP contribution in [0.3, 0.4) is 0 Å². The minimum absolute atomic E-state index is 0.0509. The van der Waals surface area contributed by atoms with Crippen molar-refractivity contribution in [1.82, 2.24) is 4.81 Å². The van der Waals surface area contributed by atoms with E-state index in [-0.39, 0.29) is 11.9 Å². The highest BCUT2D eigenvalue weighted by Crippen LogP contribution is 2.43. The zero-order chi connectivity index (χ0) is 16.4. The van der Waals surface area contributed by atoms with E-state index in [1.165, 1.54) is 0 Å². The molecule has 0 saturated carbocycles. The van der Waals surface area contributed by atoms with Crippen LogP contribution in [-0.4, -0.2) is 23.2 Å². The Labute approximate surface area is 125 Å². The molecule has 1 aromatic rings. The summed E-state index contributed by atoms with van der Waals surface area (Å²) in [4.78, 5) is 1.83. The smallest absolute Gasteiger partial charge is 0.273 e. The maximum atomic E-state index is 14.2. The molecule has 0 aromatic heterocycles. The first-order valence-electron chi connectivity index (χ1n) is 7.12. The summed E-state index contributed by atoms with van der Waals surface area (Å²) in [6.45, 7) is 4.74. The maximum Gasteiger partial charge on any atom is 0.273 e. The molecule has 1 aromatic carbocycles. The summed E-state index contributed by atoms with van der Waals surface area (Å²) in [6, 6.07) is -0.0509. The van der Waals surface area contributed by atoms with Gasteiger partial charge in [0, 0.05) is 17.0 Å². The summed E-state index contributed by atoms with van der Waals surface area (Å²) < 4.78 is 68.6. The van der Waals surface area contributed by atoms with Crippen LogP contribution in [-0.2, 0) is 0 Å². The van der Waals surface area contributed by atoms with Crippen LogP contribution in [0.1, 0.15) is 27.2 Å². The van der Waals surface area contributed by atoms with E-state index in [2.05, 4.69) is 0 Å². The first-order chi connectivity index (χ1) is 10.1. The third-order valence-electron chi connectivity index (χ3n) is 4.47. The molecule has 2 unspecified atom stereocenters. The number of nitrogens with zero attached hydrogens (tertiary/aromatic N) is 1. The van der Waals surface area contributed by atoms with E-state index in [0.717, 1.165) is 0 Å². The molecule has 2 bridgehead atoms. The molecule has 1 aliphatic heterocycles. The van der Waals surface area contributed by atoms with Crippen LogP contribution in [0, 0.1) is 29.1 Å². The normalized spacial score (nSPS) is 24.6. The van der Waals surface area contributed by atoms with Crippen molar-refractivity contribution in [3.05, 3.63) is 41.2 Å². The van der Waals surface area contributed by atoms with E-state index in [1.807, 2.05) is 31.7 Å². The number of allylic oxidation sites excluding steroid dienone is 1. The molecular weight excluding hydrogens is 300 g/mol. The van der Waals surface area contributed by atoms with Crippen LogP contribution in [0.15, 0.2) is 12.2 Å². The maximum absolute atomic E-state index is 14.2. The Morgan fingerprint density at radius 1 is 0.909 bits per heavy atom. The van der Waals surface area contributed by atoms with Gasteiger partial charge < -0.3 is 4.81 Å². The molecule has 1 fully saturated rings. The van der Waals surface area contributed by atoms with Gasteiger partial charge in [-0.3, -0.25) is 0 Å². The molecule has 0 spiro atoms. The number of rotatable bonds is 1. The largest absolute Gasteiger partial charge is 0.327 e. The summed E-state index contributed by atoms with van der Waals surface area (Å²) in [7, 11) is 0. The Bertz CT molecular complexity index is 638. The van der Waals surface area contributed by atoms with Crippen LogP contribution in [0.5, 0.6) is 0 Å². The fraction of sp³-hybridized carbons (Fsp3) is 0.467. The molecule has 0 radical (unpaired) electrons. The molecule has 2 atom stereocenters. The summed E-state index contributed by atoms with van der Waals surface area (Å²) in [5, 5.41) is 0. The monoisotopic (exact) mass is 315 g/mol. The summed E-state index contributed by atoms with van der Waals surface area (Å²) >= 11 is 0. The second-order valence-corrected chi connectivity index (χ2v) is 6.86. The van der Waals surface area contributed by atoms with Crippen molar-refractivity contribution in [2.45, 2.75) is 44.6 Å². The standard InChI is InChI=1S/C15H15BF5N/c1-15(2,3)22-8-5-4-7(6-8)16(22)9-10(17)12(19)14(21)13(20)11(9)18/h4-5,7-8H,6H2,1-3H3. The van der Waals surface area contributed by atoms with Gasteiger partial charge in [0.2, 0.25) is 0 Å². The van der Waals surface area contributed by atoms with Gasteiger partial charge in [-0.25, -0.2) is 22.0 Å². The van der Waals surface area contributed by atoms with Gasteiger partial charge in [-0.05, 0) is 33.0 Å². The molecule has 1 saturated heterocycles. The molecule has 1 heterocycles. The molecule has 0 amide bonds. The van der Waals surface area contributed by atoms with E-state index < -0.39 is 46.9 Å². The third kappa shape index (κ3) is 2.01. The molecule has 22 heavy (non-hydrogen) atoms. The Kier molecular flexibility index (Phi) is 3.40. The number of halogens is 5. The molecule has 3 rings (SSSR count). The van der Waals surface area contributed by atoms with Crippen LogP contribution < -0.4 is 5.46 Å². The minimum atomic E-state index is -2.11. The molecule has 1 nitrogen and oxygen atoms in total. The first-order valence-corrected chi connectivity index (χ1v) is 7.12. The Morgan fingerprint density at radius 3 is 1.91 bits per heavy atom. The zero-order valence-electron chi connectivity index (χ0n) is 12.4. The van der Waals surface area contributed by atoms with Crippen molar-refractivity contribution in [2.24, 2.45) is 0 Å². The van der Waals surface area contributed by atoms with Gasteiger partial charge in [0.15, 0.2) is 29.1 Å². The molecule has 1 aliphatic carbocycles. The fourth-order valence-electron chi connectivity index (χ4n) is 3.71. The highest BCUT2D eigenvalue weighted by atomic mass is 19.2. The van der Waals surface area contributed by atoms with Gasteiger partial charge in [-0.1, -0.05) is 12.2 Å². The van der Waals surface area contributed by atoms with E-state index >= 15 is 0 Å². The first kappa shape index (κ1) is 15.5.